The molecule has 0 aliphatic carbocycles. The first-order valence-electron chi connectivity index (χ1n) is 3.30. The molecular weight excluding hydrogens is 231 g/mol. The van der Waals surface area contributed by atoms with Gasteiger partial charge < -0.3 is 4.89 Å². The average Bonchev–Trinajstić information content (AvgIpc) is 2.01. The molecule has 1 rings (SSSR count). The van der Waals surface area contributed by atoms with Gasteiger partial charge in [-0.1, -0.05) is 12.1 Å². The van der Waals surface area contributed by atoms with Crippen LogP contribution in [0, 0.1) is 0 Å². The summed E-state index contributed by atoms with van der Waals surface area (Å²) in [6.45, 7) is 0. The van der Waals surface area contributed by atoms with E-state index in [9.17, 15) is 17.9 Å². The second kappa shape index (κ2) is 4.02. The molecule has 76 valence electrons. The molecule has 0 aromatic heterocycles. The Morgan fingerprint density at radius 3 is 2.43 bits per heavy atom. The zero-order valence-corrected chi connectivity index (χ0v) is 8.36. The molecular formula is C6H5O6PS. The van der Waals surface area contributed by atoms with E-state index in [1.54, 1.807) is 0 Å². The molecule has 0 aliphatic heterocycles. The highest BCUT2D eigenvalue weighted by Crippen LogP contribution is 2.27. The van der Waals surface area contributed by atoms with Crippen LogP contribution in [0.1, 0.15) is 0 Å². The number of rotatable bonds is 3. The van der Waals surface area contributed by atoms with Crippen molar-refractivity contribution < 1.29 is 27.0 Å². The van der Waals surface area contributed by atoms with E-state index in [1.165, 1.54) is 12.1 Å². The third-order valence-corrected chi connectivity index (χ3v) is 2.54. The van der Waals surface area contributed by atoms with Gasteiger partial charge in [-0.2, -0.15) is 8.42 Å². The van der Waals surface area contributed by atoms with Crippen LogP contribution in [0.3, 0.4) is 0 Å². The van der Waals surface area contributed by atoms with Crippen molar-refractivity contribution in [3.63, 3.8) is 0 Å². The van der Waals surface area contributed by atoms with Gasteiger partial charge in [0.2, 0.25) is 5.75 Å². The summed E-state index contributed by atoms with van der Waals surface area (Å²) in [6.07, 6.45) is 0. The first-order valence-corrected chi connectivity index (χ1v) is 5.83. The van der Waals surface area contributed by atoms with Crippen molar-refractivity contribution in [2.45, 2.75) is 4.90 Å². The molecule has 1 unspecified atom stereocenters. The highest BCUT2D eigenvalue weighted by molar-refractivity contribution is 7.86. The van der Waals surface area contributed by atoms with Crippen LogP contribution in [-0.2, 0) is 14.7 Å². The molecule has 0 radical (unpaired) electrons. The quantitative estimate of drug-likeness (QED) is 0.599. The molecule has 0 saturated heterocycles. The van der Waals surface area contributed by atoms with Crippen molar-refractivity contribution in [1.29, 1.82) is 0 Å². The van der Waals surface area contributed by atoms with Crippen molar-refractivity contribution in [2.75, 3.05) is 0 Å². The van der Waals surface area contributed by atoms with E-state index in [0.717, 1.165) is 12.1 Å². The van der Waals surface area contributed by atoms with Gasteiger partial charge in [0.25, 0.3) is 10.1 Å². The molecule has 0 spiro atoms. The van der Waals surface area contributed by atoms with E-state index in [4.69, 9.17) is 4.55 Å². The van der Waals surface area contributed by atoms with E-state index in [0.29, 0.717) is 0 Å². The third kappa shape index (κ3) is 2.74. The van der Waals surface area contributed by atoms with E-state index in [1.807, 2.05) is 0 Å². The summed E-state index contributed by atoms with van der Waals surface area (Å²) in [5, 5.41) is 0. The van der Waals surface area contributed by atoms with Crippen LogP contribution in [-0.4, -0.2) is 13.0 Å². The van der Waals surface area contributed by atoms with Gasteiger partial charge in [-0.15, -0.1) is 0 Å². The second-order valence-electron chi connectivity index (χ2n) is 2.24. The Bertz CT molecular complexity index is 453. The number of para-hydroxylation sites is 1. The van der Waals surface area contributed by atoms with Crippen molar-refractivity contribution >= 4 is 18.4 Å². The lowest BCUT2D eigenvalue weighted by Crippen LogP contribution is -2.02. The van der Waals surface area contributed by atoms with Crippen LogP contribution in [0.5, 0.6) is 5.75 Å². The Morgan fingerprint density at radius 1 is 1.36 bits per heavy atom. The highest BCUT2D eigenvalue weighted by Gasteiger charge is 2.19. The van der Waals surface area contributed by atoms with Crippen LogP contribution in [0.15, 0.2) is 29.2 Å². The summed E-state index contributed by atoms with van der Waals surface area (Å²) in [4.78, 5) is 9.60. The smallest absolute Gasteiger partial charge is 0.539 e. The molecule has 0 saturated carbocycles. The number of benzene rings is 1. The van der Waals surface area contributed by atoms with E-state index >= 15 is 0 Å². The lowest BCUT2D eigenvalue weighted by Gasteiger charge is -2.00. The Balaban J connectivity index is 3.23. The topological polar surface area (TPSA) is 104 Å². The number of hydrogen-bond acceptors (Lipinski definition) is 5. The summed E-state index contributed by atoms with van der Waals surface area (Å²) >= 11 is 0. The predicted molar refractivity (Wildman–Crippen MR) is 44.5 cm³/mol. The molecule has 1 atom stereocenters. The van der Waals surface area contributed by atoms with Gasteiger partial charge in [0.05, 0.1) is 0 Å². The maximum Gasteiger partial charge on any atom is 0.539 e. The minimum absolute atomic E-state index is 0.425. The molecule has 0 heterocycles. The first kappa shape index (κ1) is 11.1. The summed E-state index contributed by atoms with van der Waals surface area (Å²) in [5.41, 5.74) is 0. The van der Waals surface area contributed by atoms with Crippen molar-refractivity contribution in [3.8, 4) is 5.75 Å². The Kier molecular flexibility index (Phi) is 3.17. The normalized spacial score (nSPS) is 12.3. The first-order chi connectivity index (χ1) is 6.41. The predicted octanol–water partition coefficient (Wildman–Crippen LogP) is 0.330. The van der Waals surface area contributed by atoms with Crippen LogP contribution < -0.4 is 9.42 Å². The lowest BCUT2D eigenvalue weighted by atomic mass is 10.3. The van der Waals surface area contributed by atoms with E-state index < -0.39 is 29.0 Å². The molecule has 0 aliphatic rings. The molecule has 0 amide bonds. The minimum atomic E-state index is -4.47. The van der Waals surface area contributed by atoms with Gasteiger partial charge in [0.15, 0.2) is 0 Å². The van der Waals surface area contributed by atoms with Crippen LogP contribution in [0.4, 0.5) is 0 Å². The summed E-state index contributed by atoms with van der Waals surface area (Å²) in [5.74, 6) is -0.425. The molecule has 1 N–H and O–H groups in total. The van der Waals surface area contributed by atoms with Crippen molar-refractivity contribution in [3.05, 3.63) is 24.3 Å². The van der Waals surface area contributed by atoms with Crippen molar-refractivity contribution in [2.24, 2.45) is 0 Å². The Morgan fingerprint density at radius 2 is 1.93 bits per heavy atom. The standard InChI is InChI=1S/C6H5O6PS/c7-13(8)12-5-3-1-2-4-6(5)14(9,10)11/h1-4H,(H,9,10,11). The maximum atomic E-state index is 10.7. The summed E-state index contributed by atoms with van der Waals surface area (Å²) in [6, 6.07) is 4.86. The van der Waals surface area contributed by atoms with Gasteiger partial charge >= 0.3 is 8.25 Å². The van der Waals surface area contributed by atoms with E-state index in [-0.39, 0.29) is 0 Å². The summed E-state index contributed by atoms with van der Waals surface area (Å²) in [7, 11) is -7.69. The second-order valence-corrected chi connectivity index (χ2v) is 4.26. The molecule has 1 aromatic rings. The zero-order valence-electron chi connectivity index (χ0n) is 6.65. The fourth-order valence-electron chi connectivity index (χ4n) is 0.819. The lowest BCUT2D eigenvalue weighted by molar-refractivity contribution is -0.178. The van der Waals surface area contributed by atoms with E-state index in [2.05, 4.69) is 4.52 Å². The van der Waals surface area contributed by atoms with Gasteiger partial charge in [-0.25, -0.2) is 0 Å². The highest BCUT2D eigenvalue weighted by atomic mass is 32.2. The maximum absolute atomic E-state index is 10.7. The zero-order chi connectivity index (χ0) is 10.8. The SMILES string of the molecule is O=[P+]([O-])Oc1ccccc1S(=O)(=O)O. The minimum Gasteiger partial charge on any atom is -0.558 e. The fraction of sp³-hybridized carbons (Fsp3) is 0. The van der Waals surface area contributed by atoms with Gasteiger partial charge in [-0.3, -0.25) is 9.08 Å². The molecule has 0 bridgehead atoms. The monoisotopic (exact) mass is 236 g/mol. The fourth-order valence-corrected chi connectivity index (χ4v) is 1.82. The Labute approximate surface area is 80.8 Å². The average molecular weight is 236 g/mol. The van der Waals surface area contributed by atoms with Gasteiger partial charge in [-0.05, 0) is 16.7 Å². The molecule has 0 fully saturated rings. The van der Waals surface area contributed by atoms with Crippen LogP contribution in [0.25, 0.3) is 0 Å². The third-order valence-electron chi connectivity index (χ3n) is 1.30. The largest absolute Gasteiger partial charge is 0.558 e. The number of hydrogen-bond donors (Lipinski definition) is 1. The van der Waals surface area contributed by atoms with Gasteiger partial charge in [0.1, 0.15) is 4.90 Å². The molecule has 6 nitrogen and oxygen atoms in total. The van der Waals surface area contributed by atoms with Crippen LogP contribution >= 0.6 is 8.25 Å². The summed E-state index contributed by atoms with van der Waals surface area (Å²) < 4.78 is 44.5. The molecule has 8 heteroatoms. The molecule has 14 heavy (non-hydrogen) atoms. The van der Waals surface area contributed by atoms with Gasteiger partial charge in [0, 0.05) is 0 Å². The molecule has 1 aromatic carbocycles. The Hall–Kier alpha value is -1.01. The van der Waals surface area contributed by atoms with Crippen molar-refractivity contribution in [1.82, 2.24) is 0 Å². The van der Waals surface area contributed by atoms with Crippen LogP contribution in [0.2, 0.25) is 0 Å².